The molecule has 3 rings (SSSR count). The fourth-order valence-electron chi connectivity index (χ4n) is 3.08. The van der Waals surface area contributed by atoms with E-state index in [0.29, 0.717) is 45.7 Å². The number of furan rings is 1. The summed E-state index contributed by atoms with van der Waals surface area (Å²) in [6.45, 7) is 4.77. The van der Waals surface area contributed by atoms with Crippen molar-refractivity contribution in [1.29, 1.82) is 0 Å². The van der Waals surface area contributed by atoms with E-state index in [0.717, 1.165) is 17.6 Å². The summed E-state index contributed by atoms with van der Waals surface area (Å²) in [5.74, 6) is 0.906. The molecular formula is C17H19Br2NO4. The number of halogens is 2. The highest BCUT2D eigenvalue weighted by atomic mass is 79.9. The monoisotopic (exact) mass is 459 g/mol. The Labute approximate surface area is 157 Å². The predicted octanol–water partition coefficient (Wildman–Crippen LogP) is 4.74. The van der Waals surface area contributed by atoms with Gasteiger partial charge >= 0.3 is 5.97 Å². The molecule has 7 heteroatoms. The number of likely N-dealkylation sites (tertiary alicyclic amines) is 1. The molecule has 2 aromatic rings. The molecule has 1 aromatic heterocycles. The normalized spacial score (nSPS) is 15.2. The minimum Gasteiger partial charge on any atom is -0.494 e. The third-order valence-electron chi connectivity index (χ3n) is 4.15. The summed E-state index contributed by atoms with van der Waals surface area (Å²) >= 11 is 7.03. The molecule has 0 amide bonds. The molecule has 1 aliphatic rings. The number of rotatable bonds is 5. The molecule has 0 atom stereocenters. The minimum absolute atomic E-state index is 0.319. The Morgan fingerprint density at radius 2 is 2.04 bits per heavy atom. The van der Waals surface area contributed by atoms with E-state index in [-0.39, 0.29) is 5.97 Å². The van der Waals surface area contributed by atoms with Gasteiger partial charge in [0.2, 0.25) is 0 Å². The number of hydrogen-bond donors (Lipinski definition) is 0. The Morgan fingerprint density at radius 3 is 2.67 bits per heavy atom. The first-order chi connectivity index (χ1) is 11.6. The molecule has 0 N–H and O–H groups in total. The van der Waals surface area contributed by atoms with Crippen LogP contribution in [0.25, 0.3) is 11.0 Å². The minimum atomic E-state index is -0.365. The first kappa shape index (κ1) is 17.8. The molecule has 0 unspecified atom stereocenters. The molecule has 1 aromatic carbocycles. The first-order valence-corrected chi connectivity index (χ1v) is 9.52. The summed E-state index contributed by atoms with van der Waals surface area (Å²) in [5.41, 5.74) is 1.11. The molecule has 1 fully saturated rings. The predicted molar refractivity (Wildman–Crippen MR) is 98.6 cm³/mol. The van der Waals surface area contributed by atoms with Crippen LogP contribution in [-0.2, 0) is 11.3 Å². The number of nitrogens with zero attached hydrogens (tertiary/aromatic N) is 1. The summed E-state index contributed by atoms with van der Waals surface area (Å²) < 4.78 is 18.2. The summed E-state index contributed by atoms with van der Waals surface area (Å²) in [6.07, 6.45) is 2.36. The van der Waals surface area contributed by atoms with Crippen molar-refractivity contribution in [2.24, 2.45) is 0 Å². The number of methoxy groups -OCH3 is 1. The van der Waals surface area contributed by atoms with Crippen LogP contribution in [0.2, 0.25) is 0 Å². The number of benzene rings is 1. The van der Waals surface area contributed by atoms with Crippen LogP contribution in [0.15, 0.2) is 19.4 Å². The van der Waals surface area contributed by atoms with Gasteiger partial charge in [0.25, 0.3) is 0 Å². The average Bonchev–Trinajstić information content (AvgIpc) is 3.15. The van der Waals surface area contributed by atoms with Crippen LogP contribution in [0.5, 0.6) is 5.75 Å². The highest BCUT2D eigenvalue weighted by molar-refractivity contribution is 9.11. The van der Waals surface area contributed by atoms with Gasteiger partial charge < -0.3 is 13.9 Å². The number of ether oxygens (including phenoxy) is 2. The quantitative estimate of drug-likeness (QED) is 0.603. The molecule has 1 saturated heterocycles. The first-order valence-electron chi connectivity index (χ1n) is 7.93. The van der Waals surface area contributed by atoms with E-state index in [2.05, 4.69) is 36.8 Å². The average molecular weight is 461 g/mol. The third-order valence-corrected chi connectivity index (χ3v) is 5.50. The van der Waals surface area contributed by atoms with E-state index < -0.39 is 0 Å². The van der Waals surface area contributed by atoms with Crippen LogP contribution in [0.1, 0.15) is 35.9 Å². The molecule has 5 nitrogen and oxygen atoms in total. The zero-order chi connectivity index (χ0) is 17.3. The maximum Gasteiger partial charge on any atom is 0.342 e. The van der Waals surface area contributed by atoms with Crippen molar-refractivity contribution in [3.8, 4) is 5.75 Å². The van der Waals surface area contributed by atoms with E-state index in [1.54, 1.807) is 14.0 Å². The fourth-order valence-corrected chi connectivity index (χ4v) is 4.68. The van der Waals surface area contributed by atoms with E-state index in [1.807, 2.05) is 6.07 Å². The van der Waals surface area contributed by atoms with Gasteiger partial charge in [-0.25, -0.2) is 4.79 Å². The van der Waals surface area contributed by atoms with Gasteiger partial charge in [0.1, 0.15) is 22.7 Å². The van der Waals surface area contributed by atoms with Gasteiger partial charge in [-0.3, -0.25) is 4.90 Å². The van der Waals surface area contributed by atoms with Crippen molar-refractivity contribution in [3.63, 3.8) is 0 Å². The van der Waals surface area contributed by atoms with Crippen molar-refractivity contribution in [3.05, 3.63) is 26.3 Å². The molecule has 1 aliphatic heterocycles. The molecule has 130 valence electrons. The molecule has 0 saturated carbocycles. The van der Waals surface area contributed by atoms with Crippen LogP contribution in [0, 0.1) is 0 Å². The summed E-state index contributed by atoms with van der Waals surface area (Å²) in [4.78, 5) is 14.9. The van der Waals surface area contributed by atoms with Gasteiger partial charge in [-0.05, 0) is 70.8 Å². The number of esters is 1. The number of carbonyl (C=O) groups excluding carboxylic acids is 1. The molecule has 0 aliphatic carbocycles. The van der Waals surface area contributed by atoms with Crippen LogP contribution in [0.4, 0.5) is 0 Å². The molecule has 2 heterocycles. The summed E-state index contributed by atoms with van der Waals surface area (Å²) in [5, 5.41) is 0.697. The standard InChI is InChI=1S/C17H19Br2NO4/c1-3-23-17(21)14-12(9-20-6-4-5-7-20)24-11-8-10(18)16(22-2)15(19)13(11)14/h8H,3-7,9H2,1-2H3. The lowest BCUT2D eigenvalue weighted by molar-refractivity contribution is 0.0524. The molecule has 0 radical (unpaired) electrons. The van der Waals surface area contributed by atoms with Crippen LogP contribution in [-0.4, -0.2) is 37.7 Å². The lowest BCUT2D eigenvalue weighted by Gasteiger charge is -2.13. The van der Waals surface area contributed by atoms with Gasteiger partial charge in [-0.15, -0.1) is 0 Å². The van der Waals surface area contributed by atoms with Gasteiger partial charge in [0.05, 0.1) is 34.6 Å². The Kier molecular flexibility index (Phi) is 5.52. The van der Waals surface area contributed by atoms with Crippen molar-refractivity contribution in [2.45, 2.75) is 26.3 Å². The molecular weight excluding hydrogens is 442 g/mol. The maximum absolute atomic E-state index is 12.6. The van der Waals surface area contributed by atoms with Crippen LogP contribution in [0.3, 0.4) is 0 Å². The number of hydrogen-bond acceptors (Lipinski definition) is 5. The Hall–Kier alpha value is -1.05. The molecule has 0 bridgehead atoms. The maximum atomic E-state index is 12.6. The molecule has 24 heavy (non-hydrogen) atoms. The van der Waals surface area contributed by atoms with Gasteiger partial charge in [0, 0.05) is 0 Å². The number of fused-ring (bicyclic) bond motifs is 1. The van der Waals surface area contributed by atoms with E-state index >= 15 is 0 Å². The molecule has 0 spiro atoms. The Bertz CT molecular complexity index is 766. The van der Waals surface area contributed by atoms with Gasteiger partial charge in [0.15, 0.2) is 0 Å². The van der Waals surface area contributed by atoms with Crippen molar-refractivity contribution in [2.75, 3.05) is 26.8 Å². The Balaban J connectivity index is 2.16. The van der Waals surface area contributed by atoms with Crippen LogP contribution < -0.4 is 4.74 Å². The SMILES string of the molecule is CCOC(=O)c1c(CN2CCCC2)oc2cc(Br)c(OC)c(Br)c12. The lowest BCUT2D eigenvalue weighted by Crippen LogP contribution is -2.20. The summed E-state index contributed by atoms with van der Waals surface area (Å²) in [6, 6.07) is 1.83. The van der Waals surface area contributed by atoms with E-state index in [9.17, 15) is 4.79 Å². The van der Waals surface area contributed by atoms with Gasteiger partial charge in [-0.2, -0.15) is 0 Å². The Morgan fingerprint density at radius 1 is 1.33 bits per heavy atom. The zero-order valence-electron chi connectivity index (χ0n) is 13.7. The highest BCUT2D eigenvalue weighted by Gasteiger charge is 2.28. The second-order valence-corrected chi connectivity index (χ2v) is 7.33. The third kappa shape index (κ3) is 3.21. The van der Waals surface area contributed by atoms with Crippen LogP contribution >= 0.6 is 31.9 Å². The lowest BCUT2D eigenvalue weighted by atomic mass is 10.1. The zero-order valence-corrected chi connectivity index (χ0v) is 16.8. The number of carbonyl (C=O) groups is 1. The largest absolute Gasteiger partial charge is 0.494 e. The summed E-state index contributed by atoms with van der Waals surface area (Å²) in [7, 11) is 1.59. The van der Waals surface area contributed by atoms with Crippen molar-refractivity contribution in [1.82, 2.24) is 4.90 Å². The van der Waals surface area contributed by atoms with E-state index in [1.165, 1.54) is 12.8 Å². The second-order valence-electron chi connectivity index (χ2n) is 5.68. The fraction of sp³-hybridized carbons (Fsp3) is 0.471. The highest BCUT2D eigenvalue weighted by Crippen LogP contribution is 2.43. The smallest absolute Gasteiger partial charge is 0.342 e. The second kappa shape index (κ2) is 7.45. The van der Waals surface area contributed by atoms with E-state index in [4.69, 9.17) is 13.9 Å². The van der Waals surface area contributed by atoms with Gasteiger partial charge in [-0.1, -0.05) is 0 Å². The van der Waals surface area contributed by atoms with Crippen molar-refractivity contribution >= 4 is 48.8 Å². The van der Waals surface area contributed by atoms with Crippen molar-refractivity contribution < 1.29 is 18.7 Å². The topological polar surface area (TPSA) is 51.9 Å².